The van der Waals surface area contributed by atoms with E-state index in [2.05, 4.69) is 5.32 Å². The first-order chi connectivity index (χ1) is 12.2. The number of carbonyl (C=O) groups excluding carboxylic acids is 2. The lowest BCUT2D eigenvalue weighted by atomic mass is 10.1. The Bertz CT molecular complexity index is 787. The number of ether oxygens (including phenoxy) is 1. The van der Waals surface area contributed by atoms with Crippen molar-refractivity contribution in [2.24, 2.45) is 5.92 Å². The highest BCUT2D eigenvalue weighted by atomic mass is 16.5. The van der Waals surface area contributed by atoms with Crippen LogP contribution in [0.4, 0.5) is 5.69 Å². The van der Waals surface area contributed by atoms with Crippen molar-refractivity contribution >= 4 is 17.5 Å². The molecule has 1 aliphatic carbocycles. The van der Waals surface area contributed by atoms with Crippen LogP contribution in [0.15, 0.2) is 54.6 Å². The zero-order chi connectivity index (χ0) is 17.2. The second-order valence-corrected chi connectivity index (χ2v) is 6.57. The third kappa shape index (κ3) is 3.50. The summed E-state index contributed by atoms with van der Waals surface area (Å²) in [6.45, 7) is 0.395. The Morgan fingerprint density at radius 3 is 2.52 bits per heavy atom. The number of nitrogens with one attached hydrogen (secondary N) is 1. The monoisotopic (exact) mass is 336 g/mol. The average molecular weight is 336 g/mol. The molecule has 2 fully saturated rings. The Kier molecular flexibility index (Phi) is 4.14. The maximum atomic E-state index is 12.5. The Morgan fingerprint density at radius 1 is 1.04 bits per heavy atom. The minimum Gasteiger partial charge on any atom is -0.455 e. The van der Waals surface area contributed by atoms with Crippen LogP contribution in [0.5, 0.6) is 11.5 Å². The third-order valence-electron chi connectivity index (χ3n) is 4.55. The van der Waals surface area contributed by atoms with Crippen LogP contribution >= 0.6 is 0 Å². The summed E-state index contributed by atoms with van der Waals surface area (Å²) in [5, 5.41) is 2.99. The van der Waals surface area contributed by atoms with Gasteiger partial charge >= 0.3 is 0 Å². The highest BCUT2D eigenvalue weighted by molar-refractivity contribution is 6.01. The number of benzene rings is 2. The van der Waals surface area contributed by atoms with Crippen molar-refractivity contribution in [2.45, 2.75) is 25.3 Å². The summed E-state index contributed by atoms with van der Waals surface area (Å²) in [7, 11) is 0. The molecule has 1 atom stereocenters. The fourth-order valence-electron chi connectivity index (χ4n) is 3.04. The lowest BCUT2D eigenvalue weighted by Gasteiger charge is -2.20. The highest BCUT2D eigenvalue weighted by Gasteiger charge is 2.38. The van der Waals surface area contributed by atoms with E-state index in [1.54, 1.807) is 4.90 Å². The molecule has 1 heterocycles. The average Bonchev–Trinajstić information content (AvgIpc) is 3.36. The Morgan fingerprint density at radius 2 is 1.76 bits per heavy atom. The third-order valence-corrected chi connectivity index (χ3v) is 4.55. The highest BCUT2D eigenvalue weighted by Crippen LogP contribution is 2.35. The lowest BCUT2D eigenvalue weighted by Crippen LogP contribution is -2.34. The summed E-state index contributed by atoms with van der Waals surface area (Å²) in [6, 6.07) is 17.2. The van der Waals surface area contributed by atoms with Crippen LogP contribution in [-0.4, -0.2) is 24.4 Å². The van der Waals surface area contributed by atoms with Crippen LogP contribution in [0.25, 0.3) is 0 Å². The summed E-state index contributed by atoms with van der Waals surface area (Å²) in [5.74, 6) is 0.979. The van der Waals surface area contributed by atoms with Crippen LogP contribution in [0.2, 0.25) is 0 Å². The summed E-state index contributed by atoms with van der Waals surface area (Å²) >= 11 is 0. The summed E-state index contributed by atoms with van der Waals surface area (Å²) < 4.78 is 5.95. The SMILES string of the molecule is O=C(NC1CC1)C1CC(=O)N(c2ccccc2Oc2ccccc2)C1. The molecule has 4 rings (SSSR count). The molecular formula is C20H20N2O3. The van der Waals surface area contributed by atoms with Gasteiger partial charge in [-0.3, -0.25) is 9.59 Å². The van der Waals surface area contributed by atoms with Gasteiger partial charge in [-0.25, -0.2) is 0 Å². The van der Waals surface area contributed by atoms with Crippen molar-refractivity contribution in [3.8, 4) is 11.5 Å². The van der Waals surface area contributed by atoms with E-state index in [9.17, 15) is 9.59 Å². The van der Waals surface area contributed by atoms with Gasteiger partial charge in [0.05, 0.1) is 11.6 Å². The first-order valence-electron chi connectivity index (χ1n) is 8.63. The Hall–Kier alpha value is -2.82. The van der Waals surface area contributed by atoms with E-state index in [4.69, 9.17) is 4.74 Å². The van der Waals surface area contributed by atoms with Crippen molar-refractivity contribution in [1.29, 1.82) is 0 Å². The second kappa shape index (κ2) is 6.59. The molecule has 1 unspecified atom stereocenters. The van der Waals surface area contributed by atoms with Crippen LogP contribution in [-0.2, 0) is 9.59 Å². The lowest BCUT2D eigenvalue weighted by molar-refractivity contribution is -0.126. The van der Waals surface area contributed by atoms with Gasteiger partial charge in [0.25, 0.3) is 0 Å². The molecule has 2 aliphatic rings. The molecule has 25 heavy (non-hydrogen) atoms. The molecule has 2 amide bonds. The Labute approximate surface area is 146 Å². The normalized spacial score (nSPS) is 19.8. The van der Waals surface area contributed by atoms with Crippen molar-refractivity contribution in [1.82, 2.24) is 5.32 Å². The number of anilines is 1. The molecule has 0 spiro atoms. The number of amides is 2. The minimum atomic E-state index is -0.294. The van der Waals surface area contributed by atoms with Gasteiger partial charge in [-0.1, -0.05) is 30.3 Å². The van der Waals surface area contributed by atoms with E-state index in [0.717, 1.165) is 12.8 Å². The summed E-state index contributed by atoms with van der Waals surface area (Å²) in [4.78, 5) is 26.4. The van der Waals surface area contributed by atoms with Gasteiger partial charge in [0.1, 0.15) is 5.75 Å². The van der Waals surface area contributed by atoms with Gasteiger partial charge in [-0.2, -0.15) is 0 Å². The Balaban J connectivity index is 1.53. The van der Waals surface area contributed by atoms with Crippen molar-refractivity contribution < 1.29 is 14.3 Å². The van der Waals surface area contributed by atoms with Crippen molar-refractivity contribution in [2.75, 3.05) is 11.4 Å². The molecule has 5 heteroatoms. The molecule has 1 saturated carbocycles. The quantitative estimate of drug-likeness (QED) is 0.913. The van der Waals surface area contributed by atoms with Crippen LogP contribution < -0.4 is 15.0 Å². The first-order valence-corrected chi connectivity index (χ1v) is 8.63. The smallest absolute Gasteiger partial charge is 0.227 e. The summed E-state index contributed by atoms with van der Waals surface area (Å²) in [5.41, 5.74) is 0.707. The van der Waals surface area contributed by atoms with Crippen molar-refractivity contribution in [3.63, 3.8) is 0 Å². The molecule has 1 aliphatic heterocycles. The van der Waals surface area contributed by atoms with Crippen LogP contribution in [0, 0.1) is 5.92 Å². The van der Waals surface area contributed by atoms with E-state index in [0.29, 0.717) is 29.8 Å². The number of carbonyl (C=O) groups is 2. The number of hydrogen-bond donors (Lipinski definition) is 1. The molecule has 1 saturated heterocycles. The van der Waals surface area contributed by atoms with E-state index in [1.165, 1.54) is 0 Å². The van der Waals surface area contributed by atoms with Crippen LogP contribution in [0.1, 0.15) is 19.3 Å². The summed E-state index contributed by atoms with van der Waals surface area (Å²) in [6.07, 6.45) is 2.34. The zero-order valence-corrected chi connectivity index (χ0v) is 13.9. The number of rotatable bonds is 5. The zero-order valence-electron chi connectivity index (χ0n) is 13.9. The first kappa shape index (κ1) is 15.7. The number of para-hydroxylation sites is 3. The molecule has 128 valence electrons. The van der Waals surface area contributed by atoms with Gasteiger partial charge in [0.15, 0.2) is 5.75 Å². The van der Waals surface area contributed by atoms with Gasteiger partial charge in [0.2, 0.25) is 11.8 Å². The largest absolute Gasteiger partial charge is 0.455 e. The minimum absolute atomic E-state index is 0.0141. The fourth-order valence-corrected chi connectivity index (χ4v) is 3.04. The predicted octanol–water partition coefficient (Wildman–Crippen LogP) is 3.11. The maximum absolute atomic E-state index is 12.5. The number of nitrogens with zero attached hydrogens (tertiary/aromatic N) is 1. The second-order valence-electron chi connectivity index (χ2n) is 6.57. The van der Waals surface area contributed by atoms with Crippen molar-refractivity contribution in [3.05, 3.63) is 54.6 Å². The molecule has 1 N–H and O–H groups in total. The molecule has 0 bridgehead atoms. The van der Waals surface area contributed by atoms with Gasteiger partial charge in [-0.15, -0.1) is 0 Å². The van der Waals surface area contributed by atoms with Gasteiger partial charge < -0.3 is 15.0 Å². The molecule has 5 nitrogen and oxygen atoms in total. The molecule has 0 aromatic heterocycles. The van der Waals surface area contributed by atoms with E-state index in [1.807, 2.05) is 54.6 Å². The topological polar surface area (TPSA) is 58.6 Å². The maximum Gasteiger partial charge on any atom is 0.227 e. The fraction of sp³-hybridized carbons (Fsp3) is 0.300. The number of hydrogen-bond acceptors (Lipinski definition) is 3. The van der Waals surface area contributed by atoms with Crippen LogP contribution in [0.3, 0.4) is 0 Å². The predicted molar refractivity (Wildman–Crippen MR) is 94.6 cm³/mol. The van der Waals surface area contributed by atoms with E-state index < -0.39 is 0 Å². The molecule has 2 aromatic carbocycles. The van der Waals surface area contributed by atoms with E-state index >= 15 is 0 Å². The van der Waals surface area contributed by atoms with E-state index in [-0.39, 0.29) is 24.2 Å². The van der Waals surface area contributed by atoms with Gasteiger partial charge in [-0.05, 0) is 37.1 Å². The molecular weight excluding hydrogens is 316 g/mol. The molecule has 2 aromatic rings. The molecule has 0 radical (unpaired) electrons. The standard InChI is InChI=1S/C20H20N2O3/c23-19-12-14(20(24)21-15-10-11-15)13-22(19)17-8-4-5-9-18(17)25-16-6-2-1-3-7-16/h1-9,14-15H,10-13H2,(H,21,24). The van der Waals surface area contributed by atoms with Gasteiger partial charge in [0, 0.05) is 19.0 Å².